The van der Waals surface area contributed by atoms with Crippen molar-refractivity contribution in [3.8, 4) is 16.8 Å². The molecule has 2 aromatic heterocycles. The molecular weight excluding hydrogens is 478 g/mol. The third-order valence-corrected chi connectivity index (χ3v) is 6.05. The van der Waals surface area contributed by atoms with Crippen LogP contribution in [0.2, 0.25) is 0 Å². The summed E-state index contributed by atoms with van der Waals surface area (Å²) in [5.41, 5.74) is 3.01. The van der Waals surface area contributed by atoms with Crippen molar-refractivity contribution in [3.63, 3.8) is 0 Å². The average Bonchev–Trinajstić information content (AvgIpc) is 3.40. The fourth-order valence-corrected chi connectivity index (χ4v) is 3.99. The molecule has 37 heavy (non-hydrogen) atoms. The van der Waals surface area contributed by atoms with Gasteiger partial charge in [0.2, 0.25) is 11.9 Å². The monoisotopic (exact) mass is 504 g/mol. The molecule has 190 valence electrons. The number of carbonyl (C=O) groups is 2. The first kappa shape index (κ1) is 24.4. The number of hydrogen-bond acceptors (Lipinski definition) is 4. The van der Waals surface area contributed by atoms with Gasteiger partial charge in [0.15, 0.2) is 0 Å². The highest BCUT2D eigenvalue weighted by molar-refractivity contribution is 6.04. The molecule has 2 amide bonds. The highest BCUT2D eigenvalue weighted by Gasteiger charge is 2.23. The third kappa shape index (κ3) is 6.08. The van der Waals surface area contributed by atoms with Crippen molar-refractivity contribution in [1.29, 1.82) is 0 Å². The van der Waals surface area contributed by atoms with Gasteiger partial charge in [-0.05, 0) is 55.5 Å². The van der Waals surface area contributed by atoms with Crippen molar-refractivity contribution in [3.05, 3.63) is 84.4 Å². The number of alkyl halides is 2. The topological polar surface area (TPSA) is 93.8 Å². The molecule has 0 atom stereocenters. The predicted octanol–water partition coefficient (Wildman–Crippen LogP) is 4.98. The Hall–Kier alpha value is -4.34. The van der Waals surface area contributed by atoms with E-state index in [9.17, 15) is 18.4 Å². The first-order chi connectivity index (χ1) is 18.0. The Kier molecular flexibility index (Phi) is 7.07. The first-order valence-corrected chi connectivity index (χ1v) is 12.1. The van der Waals surface area contributed by atoms with Gasteiger partial charge in [-0.3, -0.25) is 19.5 Å². The molecule has 2 aromatic carbocycles. The van der Waals surface area contributed by atoms with Gasteiger partial charge in [0.25, 0.3) is 5.91 Å². The summed E-state index contributed by atoms with van der Waals surface area (Å²) in [6.45, 7) is -2.74. The zero-order valence-corrected chi connectivity index (χ0v) is 20.0. The number of rotatable bonds is 10. The number of benzene rings is 2. The molecule has 1 fully saturated rings. The summed E-state index contributed by atoms with van der Waals surface area (Å²) in [5.74, 6) is 0.0169. The number of amides is 2. The van der Waals surface area contributed by atoms with Crippen molar-refractivity contribution >= 4 is 17.8 Å². The van der Waals surface area contributed by atoms with Crippen LogP contribution < -0.4 is 10.6 Å². The Balaban J connectivity index is 1.32. The van der Waals surface area contributed by atoms with E-state index < -0.39 is 6.55 Å². The predicted molar refractivity (Wildman–Crippen MR) is 135 cm³/mol. The maximum atomic E-state index is 13.2. The molecule has 0 unspecified atom stereocenters. The van der Waals surface area contributed by atoms with Gasteiger partial charge in [-0.15, -0.1) is 0 Å². The molecule has 5 rings (SSSR count). The van der Waals surface area contributed by atoms with Crippen molar-refractivity contribution in [1.82, 2.24) is 24.6 Å². The summed E-state index contributed by atoms with van der Waals surface area (Å²) < 4.78 is 28.2. The zero-order chi connectivity index (χ0) is 25.8. The van der Waals surface area contributed by atoms with Gasteiger partial charge < -0.3 is 5.32 Å². The first-order valence-electron chi connectivity index (χ1n) is 12.1. The van der Waals surface area contributed by atoms with Crippen LogP contribution in [0.3, 0.4) is 0 Å². The number of nitrogens with one attached hydrogen (secondary N) is 2. The Labute approximate surface area is 212 Å². The Bertz CT molecular complexity index is 1390. The molecule has 8 nitrogen and oxygen atoms in total. The van der Waals surface area contributed by atoms with Crippen LogP contribution in [0.25, 0.3) is 16.8 Å². The van der Waals surface area contributed by atoms with E-state index in [2.05, 4.69) is 20.7 Å². The van der Waals surface area contributed by atoms with Crippen LogP contribution in [0.5, 0.6) is 0 Å². The second-order valence-electron chi connectivity index (χ2n) is 8.98. The van der Waals surface area contributed by atoms with Crippen LogP contribution in [0.15, 0.2) is 73.2 Å². The molecule has 0 aliphatic heterocycles. The van der Waals surface area contributed by atoms with Crippen molar-refractivity contribution in [2.75, 3.05) is 5.32 Å². The van der Waals surface area contributed by atoms with Gasteiger partial charge in [0.1, 0.15) is 0 Å². The van der Waals surface area contributed by atoms with Crippen LogP contribution in [0.1, 0.15) is 48.3 Å². The van der Waals surface area contributed by atoms with Gasteiger partial charge in [-0.1, -0.05) is 30.3 Å². The van der Waals surface area contributed by atoms with Gasteiger partial charge in [0, 0.05) is 41.7 Å². The second kappa shape index (κ2) is 10.7. The van der Waals surface area contributed by atoms with E-state index in [-0.39, 0.29) is 11.8 Å². The highest BCUT2D eigenvalue weighted by Crippen LogP contribution is 2.24. The molecule has 1 aliphatic carbocycles. The SMILES string of the molecule is O=C(CCCc1cn(-c2ccccc2)c(NC(=O)c2cccc(-c3cnn(C(F)F)c3)c2)n1)NC1CC1. The molecule has 1 saturated carbocycles. The molecule has 0 bridgehead atoms. The van der Waals surface area contributed by atoms with Crippen LogP contribution in [-0.2, 0) is 11.2 Å². The minimum absolute atomic E-state index is 0.0532. The van der Waals surface area contributed by atoms with Crippen LogP contribution >= 0.6 is 0 Å². The van der Waals surface area contributed by atoms with Crippen LogP contribution in [-0.4, -0.2) is 37.2 Å². The van der Waals surface area contributed by atoms with Crippen molar-refractivity contribution < 1.29 is 18.4 Å². The largest absolute Gasteiger partial charge is 0.353 e. The molecular formula is C27H26F2N6O2. The summed E-state index contributed by atoms with van der Waals surface area (Å²) >= 11 is 0. The highest BCUT2D eigenvalue weighted by atomic mass is 19.3. The summed E-state index contributed by atoms with van der Waals surface area (Å²) in [6.07, 6.45) is 8.20. The lowest BCUT2D eigenvalue weighted by atomic mass is 10.1. The molecule has 0 spiro atoms. The van der Waals surface area contributed by atoms with E-state index in [0.29, 0.717) is 52.6 Å². The normalized spacial score (nSPS) is 13.1. The maximum Gasteiger partial charge on any atom is 0.333 e. The molecule has 2 N–H and O–H groups in total. The lowest BCUT2D eigenvalue weighted by molar-refractivity contribution is -0.121. The smallest absolute Gasteiger partial charge is 0.333 e. The number of imidazole rings is 1. The van der Waals surface area contributed by atoms with Crippen LogP contribution in [0.4, 0.5) is 14.7 Å². The molecule has 0 radical (unpaired) electrons. The fraction of sp³-hybridized carbons (Fsp3) is 0.259. The quantitative estimate of drug-likeness (QED) is 0.318. The fourth-order valence-electron chi connectivity index (χ4n) is 3.99. The minimum atomic E-state index is -2.74. The summed E-state index contributed by atoms with van der Waals surface area (Å²) in [6, 6.07) is 16.5. The number of carbonyl (C=O) groups excluding carboxylic acids is 2. The molecule has 0 saturated heterocycles. The molecule has 1 aliphatic rings. The van der Waals surface area contributed by atoms with E-state index in [0.717, 1.165) is 24.2 Å². The summed E-state index contributed by atoms with van der Waals surface area (Å²) in [7, 11) is 0. The van der Waals surface area contributed by atoms with E-state index in [1.807, 2.05) is 36.5 Å². The van der Waals surface area contributed by atoms with E-state index >= 15 is 0 Å². The minimum Gasteiger partial charge on any atom is -0.353 e. The van der Waals surface area contributed by atoms with Gasteiger partial charge in [0.05, 0.1) is 11.9 Å². The molecule has 4 aromatic rings. The van der Waals surface area contributed by atoms with Gasteiger partial charge >= 0.3 is 6.55 Å². The summed E-state index contributed by atoms with van der Waals surface area (Å²) in [4.78, 5) is 29.8. The Morgan fingerprint density at radius 3 is 2.57 bits per heavy atom. The van der Waals surface area contributed by atoms with Crippen LogP contribution in [0, 0.1) is 0 Å². The average molecular weight is 505 g/mol. The van der Waals surface area contributed by atoms with Crippen molar-refractivity contribution in [2.45, 2.75) is 44.7 Å². The van der Waals surface area contributed by atoms with Gasteiger partial charge in [-0.2, -0.15) is 13.9 Å². The van der Waals surface area contributed by atoms with E-state index in [4.69, 9.17) is 0 Å². The maximum absolute atomic E-state index is 13.2. The standard InChI is InChI=1S/C27H26F2N6O2/c28-26(29)35-16-20(15-30-35)18-6-4-7-19(14-18)25(37)33-27-32-22(8-5-11-24(36)31-21-12-13-21)17-34(27)23-9-2-1-3-10-23/h1-4,6-7,9-10,14-17,21,26H,5,8,11-13H2,(H,31,36)(H,32,33,37). The van der Waals surface area contributed by atoms with E-state index in [1.54, 1.807) is 28.8 Å². The number of halogens is 2. The number of aromatic nitrogens is 4. The number of para-hydroxylation sites is 1. The third-order valence-electron chi connectivity index (χ3n) is 6.05. The molecule has 10 heteroatoms. The lowest BCUT2D eigenvalue weighted by Crippen LogP contribution is -2.25. The number of nitrogens with zero attached hydrogens (tertiary/aromatic N) is 4. The van der Waals surface area contributed by atoms with Crippen molar-refractivity contribution in [2.24, 2.45) is 0 Å². The Morgan fingerprint density at radius 2 is 1.84 bits per heavy atom. The second-order valence-corrected chi connectivity index (χ2v) is 8.98. The number of hydrogen-bond donors (Lipinski definition) is 2. The zero-order valence-electron chi connectivity index (χ0n) is 20.0. The summed E-state index contributed by atoms with van der Waals surface area (Å²) in [5, 5.41) is 9.52. The number of aryl methyl sites for hydroxylation is 1. The number of anilines is 1. The molecule has 2 heterocycles. The lowest BCUT2D eigenvalue weighted by Gasteiger charge is -2.09. The Morgan fingerprint density at radius 1 is 1.03 bits per heavy atom. The van der Waals surface area contributed by atoms with Gasteiger partial charge in [-0.25, -0.2) is 9.67 Å². The van der Waals surface area contributed by atoms with E-state index in [1.165, 1.54) is 12.4 Å².